The van der Waals surface area contributed by atoms with E-state index < -0.39 is 15.4 Å². The van der Waals surface area contributed by atoms with Crippen molar-refractivity contribution in [3.8, 4) is 10.6 Å². The third kappa shape index (κ3) is 5.74. The fourth-order valence-corrected chi connectivity index (χ4v) is 5.80. The van der Waals surface area contributed by atoms with Crippen LogP contribution in [0.1, 0.15) is 21.3 Å². The highest BCUT2D eigenvalue weighted by atomic mass is 35.5. The van der Waals surface area contributed by atoms with Crippen LogP contribution in [0, 0.1) is 0 Å². The Kier molecular flexibility index (Phi) is 7.47. The van der Waals surface area contributed by atoms with Crippen LogP contribution < -0.4 is 10.0 Å². The number of aromatic nitrogens is 2. The molecular formula is C23H18Cl2N4O3S2. The summed E-state index contributed by atoms with van der Waals surface area (Å²) in [4.78, 5) is 12.1. The first kappa shape index (κ1) is 24.2. The second kappa shape index (κ2) is 10.5. The molecule has 0 radical (unpaired) electrons. The second-order valence-electron chi connectivity index (χ2n) is 7.12. The van der Waals surface area contributed by atoms with Crippen LogP contribution in [-0.2, 0) is 10.0 Å². The van der Waals surface area contributed by atoms with Crippen LogP contribution in [0.25, 0.3) is 10.6 Å². The summed E-state index contributed by atoms with van der Waals surface area (Å²) in [6.45, 7) is 0.142. The zero-order valence-corrected chi connectivity index (χ0v) is 20.6. The fraction of sp³-hybridized carbons (Fsp3) is 0.0870. The largest absolute Gasteiger partial charge is 0.350 e. The van der Waals surface area contributed by atoms with Gasteiger partial charge in [-0.25, -0.2) is 8.42 Å². The average Bonchev–Trinajstić information content (AvgIpc) is 3.31. The average molecular weight is 533 g/mol. The van der Waals surface area contributed by atoms with Crippen LogP contribution in [0.4, 0.5) is 5.13 Å². The summed E-state index contributed by atoms with van der Waals surface area (Å²) in [6.07, 6.45) is 0. The number of carbonyl (C=O) groups excluding carboxylic acids is 1. The van der Waals surface area contributed by atoms with Crippen molar-refractivity contribution in [3.63, 3.8) is 0 Å². The number of sulfonamides is 1. The zero-order valence-electron chi connectivity index (χ0n) is 17.5. The van der Waals surface area contributed by atoms with Crippen molar-refractivity contribution in [3.05, 3.63) is 95.0 Å². The molecule has 11 heteroatoms. The molecule has 0 bridgehead atoms. The standard InChI is InChI=1S/C23H18Cl2N4O3S2/c24-18-13-17(19(25)14-26-21(30)15-7-3-1-4-8-15)11-12-20(18)34(31,32)29-23-28-27-22(33-23)16-9-5-2-6-10-16/h1-13,19H,14H2,(H,26,30)(H,28,29). The number of amides is 1. The SMILES string of the molecule is O=C(NCC(Cl)c1ccc(S(=O)(=O)Nc2nnc(-c3ccccc3)s2)c(Cl)c1)c1ccccc1. The highest BCUT2D eigenvalue weighted by molar-refractivity contribution is 7.93. The van der Waals surface area contributed by atoms with E-state index in [1.807, 2.05) is 36.4 Å². The lowest BCUT2D eigenvalue weighted by Crippen LogP contribution is -2.26. The third-order valence-electron chi connectivity index (χ3n) is 4.75. The Hall–Kier alpha value is -2.98. The van der Waals surface area contributed by atoms with Gasteiger partial charge in [0.15, 0.2) is 0 Å². The number of nitrogens with one attached hydrogen (secondary N) is 2. The summed E-state index contributed by atoms with van der Waals surface area (Å²) < 4.78 is 28.2. The molecule has 0 saturated heterocycles. The Balaban J connectivity index is 1.43. The number of carbonyl (C=O) groups is 1. The van der Waals surface area contributed by atoms with Crippen LogP contribution in [0.15, 0.2) is 83.8 Å². The number of alkyl halides is 1. The lowest BCUT2D eigenvalue weighted by molar-refractivity contribution is 0.0953. The quantitative estimate of drug-likeness (QED) is 0.297. The zero-order chi connectivity index (χ0) is 24.1. The van der Waals surface area contributed by atoms with Gasteiger partial charge >= 0.3 is 0 Å². The molecule has 7 nitrogen and oxygen atoms in total. The molecule has 4 rings (SSSR count). The molecule has 0 aliphatic rings. The van der Waals surface area contributed by atoms with E-state index in [-0.39, 0.29) is 27.5 Å². The van der Waals surface area contributed by atoms with E-state index in [4.69, 9.17) is 23.2 Å². The second-order valence-corrected chi connectivity index (χ2v) is 10.7. The minimum absolute atomic E-state index is 0.00201. The molecule has 1 aromatic heterocycles. The number of nitrogens with zero attached hydrogens (tertiary/aromatic N) is 2. The highest BCUT2D eigenvalue weighted by Gasteiger charge is 2.22. The molecule has 1 atom stereocenters. The first-order chi connectivity index (χ1) is 16.3. The number of benzene rings is 3. The van der Waals surface area contributed by atoms with Crippen molar-refractivity contribution >= 4 is 55.6 Å². The molecule has 34 heavy (non-hydrogen) atoms. The number of halogens is 2. The fourth-order valence-electron chi connectivity index (χ4n) is 3.05. The molecular weight excluding hydrogens is 515 g/mol. The van der Waals surface area contributed by atoms with E-state index in [1.54, 1.807) is 30.3 Å². The molecule has 1 amide bonds. The van der Waals surface area contributed by atoms with Gasteiger partial charge in [-0.2, -0.15) is 0 Å². The van der Waals surface area contributed by atoms with Crippen molar-refractivity contribution in [1.82, 2.24) is 15.5 Å². The van der Waals surface area contributed by atoms with E-state index in [1.165, 1.54) is 12.1 Å². The molecule has 0 aliphatic heterocycles. The minimum Gasteiger partial charge on any atom is -0.350 e. The van der Waals surface area contributed by atoms with Crippen LogP contribution in [0.3, 0.4) is 0 Å². The van der Waals surface area contributed by atoms with Gasteiger partial charge in [0.1, 0.15) is 9.90 Å². The molecule has 1 heterocycles. The van der Waals surface area contributed by atoms with Gasteiger partial charge < -0.3 is 5.32 Å². The van der Waals surface area contributed by atoms with Crippen molar-refractivity contribution in [2.75, 3.05) is 11.3 Å². The van der Waals surface area contributed by atoms with Gasteiger partial charge in [-0.1, -0.05) is 77.5 Å². The van der Waals surface area contributed by atoms with Gasteiger partial charge in [-0.05, 0) is 29.8 Å². The lowest BCUT2D eigenvalue weighted by atomic mass is 10.1. The predicted molar refractivity (Wildman–Crippen MR) is 135 cm³/mol. The highest BCUT2D eigenvalue weighted by Crippen LogP contribution is 2.31. The van der Waals surface area contributed by atoms with Gasteiger partial charge in [0, 0.05) is 17.7 Å². The van der Waals surface area contributed by atoms with Gasteiger partial charge in [-0.15, -0.1) is 21.8 Å². The Morgan fingerprint density at radius 1 is 0.971 bits per heavy atom. The van der Waals surface area contributed by atoms with Gasteiger partial charge in [-0.3, -0.25) is 9.52 Å². The van der Waals surface area contributed by atoms with E-state index in [2.05, 4.69) is 20.2 Å². The minimum atomic E-state index is -4.00. The van der Waals surface area contributed by atoms with Crippen LogP contribution in [0.5, 0.6) is 0 Å². The van der Waals surface area contributed by atoms with Crippen molar-refractivity contribution in [1.29, 1.82) is 0 Å². The number of hydrogen-bond acceptors (Lipinski definition) is 6. The van der Waals surface area contributed by atoms with Crippen molar-refractivity contribution < 1.29 is 13.2 Å². The number of anilines is 1. The molecule has 4 aromatic rings. The number of hydrogen-bond donors (Lipinski definition) is 2. The van der Waals surface area contributed by atoms with E-state index in [0.717, 1.165) is 16.9 Å². The topological polar surface area (TPSA) is 101 Å². The Morgan fingerprint density at radius 3 is 2.32 bits per heavy atom. The third-order valence-corrected chi connectivity index (χ3v) is 8.00. The molecule has 0 fully saturated rings. The van der Waals surface area contributed by atoms with E-state index in [9.17, 15) is 13.2 Å². The first-order valence-electron chi connectivity index (χ1n) is 10.0. The Bertz CT molecular complexity index is 1400. The van der Waals surface area contributed by atoms with Crippen molar-refractivity contribution in [2.24, 2.45) is 0 Å². The first-order valence-corrected chi connectivity index (χ1v) is 13.1. The van der Waals surface area contributed by atoms with Gasteiger partial charge in [0.2, 0.25) is 5.13 Å². The van der Waals surface area contributed by atoms with Gasteiger partial charge in [0.25, 0.3) is 15.9 Å². The number of rotatable bonds is 8. The summed E-state index contributed by atoms with van der Waals surface area (Å²) in [5.41, 5.74) is 1.92. The lowest BCUT2D eigenvalue weighted by Gasteiger charge is -2.13. The summed E-state index contributed by atoms with van der Waals surface area (Å²) in [5, 5.41) is 10.8. The molecule has 0 saturated carbocycles. The Morgan fingerprint density at radius 2 is 1.65 bits per heavy atom. The van der Waals surface area contributed by atoms with E-state index in [0.29, 0.717) is 16.1 Å². The van der Waals surface area contributed by atoms with Crippen LogP contribution >= 0.6 is 34.5 Å². The smallest absolute Gasteiger partial charge is 0.265 e. The monoisotopic (exact) mass is 532 g/mol. The molecule has 0 aliphatic carbocycles. The normalized spacial score (nSPS) is 12.2. The van der Waals surface area contributed by atoms with Gasteiger partial charge in [0.05, 0.1) is 10.4 Å². The van der Waals surface area contributed by atoms with Crippen LogP contribution in [-0.4, -0.2) is 31.1 Å². The Labute approximate surface area is 210 Å². The predicted octanol–water partition coefficient (Wildman–Crippen LogP) is 5.37. The molecule has 0 spiro atoms. The van der Waals surface area contributed by atoms with Crippen molar-refractivity contribution in [2.45, 2.75) is 10.3 Å². The maximum absolute atomic E-state index is 12.9. The summed E-state index contributed by atoms with van der Waals surface area (Å²) >= 11 is 13.8. The molecule has 2 N–H and O–H groups in total. The molecule has 174 valence electrons. The van der Waals surface area contributed by atoms with E-state index >= 15 is 0 Å². The molecule has 1 unspecified atom stereocenters. The maximum Gasteiger partial charge on any atom is 0.265 e. The summed E-state index contributed by atoms with van der Waals surface area (Å²) in [6, 6.07) is 22.5. The summed E-state index contributed by atoms with van der Waals surface area (Å²) in [5.74, 6) is -0.257. The maximum atomic E-state index is 12.9. The summed E-state index contributed by atoms with van der Waals surface area (Å²) in [7, 11) is -4.00. The van der Waals surface area contributed by atoms with Crippen LogP contribution in [0.2, 0.25) is 5.02 Å². The molecule has 3 aromatic carbocycles.